The van der Waals surface area contributed by atoms with E-state index in [1.165, 1.54) is 0 Å². The molecule has 0 saturated heterocycles. The van der Waals surface area contributed by atoms with E-state index < -0.39 is 0 Å². The Morgan fingerprint density at radius 1 is 1.06 bits per heavy atom. The maximum Gasteiger partial charge on any atom is 0.137 e. The van der Waals surface area contributed by atoms with E-state index in [1.807, 2.05) is 49.0 Å². The van der Waals surface area contributed by atoms with Crippen molar-refractivity contribution in [2.75, 3.05) is 0 Å². The number of rotatable bonds is 1. The fourth-order valence-corrected chi connectivity index (χ4v) is 1.82. The van der Waals surface area contributed by atoms with Gasteiger partial charge in [0.05, 0.1) is 0 Å². The second-order valence-corrected chi connectivity index (χ2v) is 3.57. The van der Waals surface area contributed by atoms with Crippen LogP contribution >= 0.6 is 0 Å². The summed E-state index contributed by atoms with van der Waals surface area (Å²) in [6, 6.07) is 4.06. The highest BCUT2D eigenvalue weighted by Crippen LogP contribution is 2.21. The normalized spacial score (nSPS) is 14.6. The minimum absolute atomic E-state index is 0.914. The number of aromatic amines is 1. The molecule has 16 heavy (non-hydrogen) atoms. The molecule has 0 spiro atoms. The lowest BCUT2D eigenvalue weighted by molar-refractivity contribution is 1.22. The molecule has 3 nitrogen and oxygen atoms in total. The average Bonchev–Trinajstić information content (AvgIpc) is 2.63. The van der Waals surface area contributed by atoms with Gasteiger partial charge in [-0.2, -0.15) is 0 Å². The van der Waals surface area contributed by atoms with Crippen molar-refractivity contribution in [1.29, 1.82) is 0 Å². The van der Waals surface area contributed by atoms with Crippen molar-refractivity contribution in [3.63, 3.8) is 0 Å². The number of allylic oxidation sites excluding steroid dienone is 4. The Balaban J connectivity index is 2.18. The third kappa shape index (κ3) is 1.42. The summed E-state index contributed by atoms with van der Waals surface area (Å²) < 4.78 is 0. The van der Waals surface area contributed by atoms with Gasteiger partial charge in [0.25, 0.3) is 0 Å². The fourth-order valence-electron chi connectivity index (χ4n) is 1.82. The molecule has 0 aromatic carbocycles. The molecule has 0 saturated carbocycles. The van der Waals surface area contributed by atoms with Crippen LogP contribution in [-0.4, -0.2) is 9.97 Å². The van der Waals surface area contributed by atoms with E-state index in [0.29, 0.717) is 0 Å². The first-order valence-corrected chi connectivity index (χ1v) is 5.18. The smallest absolute Gasteiger partial charge is 0.137 e. The van der Waals surface area contributed by atoms with Gasteiger partial charge in [-0.15, -0.1) is 0 Å². The van der Waals surface area contributed by atoms with Crippen molar-refractivity contribution < 1.29 is 0 Å². The average molecular weight is 209 g/mol. The van der Waals surface area contributed by atoms with Gasteiger partial charge in [-0.05, 0) is 24.3 Å². The predicted octanol–water partition coefficient (Wildman–Crippen LogP) is 2.58. The summed E-state index contributed by atoms with van der Waals surface area (Å²) in [5.41, 5.74) is 3.15. The maximum absolute atomic E-state index is 4.27. The van der Waals surface area contributed by atoms with Crippen LogP contribution in [0.25, 0.3) is 16.7 Å². The Kier molecular flexibility index (Phi) is 2.07. The molecule has 3 heteroatoms. The summed E-state index contributed by atoms with van der Waals surface area (Å²) in [6.07, 6.45) is 13.7. The van der Waals surface area contributed by atoms with Crippen molar-refractivity contribution in [3.8, 4) is 0 Å². The number of fused-ring (bicyclic) bond motifs is 1. The second kappa shape index (κ2) is 3.70. The highest BCUT2D eigenvalue weighted by molar-refractivity contribution is 5.90. The van der Waals surface area contributed by atoms with Crippen LogP contribution in [0.15, 0.2) is 55.0 Å². The van der Waals surface area contributed by atoms with Crippen LogP contribution in [0.5, 0.6) is 0 Å². The van der Waals surface area contributed by atoms with Crippen LogP contribution < -0.4 is 5.32 Å². The fraction of sp³-hybridized carbons (Fsp3) is 0. The van der Waals surface area contributed by atoms with Crippen LogP contribution in [0.2, 0.25) is 0 Å². The molecule has 0 fully saturated rings. The van der Waals surface area contributed by atoms with E-state index in [1.54, 1.807) is 0 Å². The highest BCUT2D eigenvalue weighted by Gasteiger charge is 2.06. The van der Waals surface area contributed by atoms with Crippen molar-refractivity contribution in [3.05, 3.63) is 60.6 Å². The molecule has 1 aliphatic rings. The van der Waals surface area contributed by atoms with Crippen molar-refractivity contribution in [2.45, 2.75) is 0 Å². The van der Waals surface area contributed by atoms with Gasteiger partial charge in [0.15, 0.2) is 0 Å². The number of pyridine rings is 1. The van der Waals surface area contributed by atoms with Gasteiger partial charge < -0.3 is 10.3 Å². The molecular weight excluding hydrogens is 198 g/mol. The Hall–Kier alpha value is -2.29. The zero-order chi connectivity index (χ0) is 10.8. The van der Waals surface area contributed by atoms with Crippen molar-refractivity contribution in [2.24, 2.45) is 0 Å². The van der Waals surface area contributed by atoms with Gasteiger partial charge in [-0.25, -0.2) is 4.98 Å². The number of nitrogens with zero attached hydrogens (tertiary/aromatic N) is 1. The van der Waals surface area contributed by atoms with Gasteiger partial charge in [0.2, 0.25) is 0 Å². The van der Waals surface area contributed by atoms with Crippen LogP contribution in [0, 0.1) is 0 Å². The molecule has 0 amide bonds. The van der Waals surface area contributed by atoms with Crippen molar-refractivity contribution >= 4 is 16.7 Å². The Bertz CT molecular complexity index is 602. The molecule has 2 aromatic rings. The third-order valence-corrected chi connectivity index (χ3v) is 2.57. The molecule has 0 radical (unpaired) electrons. The minimum Gasteiger partial charge on any atom is -0.361 e. The molecule has 1 aliphatic heterocycles. The molecular formula is C13H11N3. The largest absolute Gasteiger partial charge is 0.361 e. The summed E-state index contributed by atoms with van der Waals surface area (Å²) >= 11 is 0. The van der Waals surface area contributed by atoms with Gasteiger partial charge in [-0.1, -0.05) is 12.2 Å². The highest BCUT2D eigenvalue weighted by atomic mass is 14.9. The number of hydrogen-bond acceptors (Lipinski definition) is 2. The summed E-state index contributed by atoms with van der Waals surface area (Å²) in [5.74, 6) is 0. The molecule has 0 atom stereocenters. The van der Waals surface area contributed by atoms with E-state index in [9.17, 15) is 0 Å². The van der Waals surface area contributed by atoms with E-state index in [0.717, 1.165) is 22.3 Å². The van der Waals surface area contributed by atoms with E-state index in [-0.39, 0.29) is 0 Å². The zero-order valence-electron chi connectivity index (χ0n) is 8.64. The number of aromatic nitrogens is 2. The first-order valence-electron chi connectivity index (χ1n) is 5.18. The third-order valence-electron chi connectivity index (χ3n) is 2.57. The zero-order valence-corrected chi connectivity index (χ0v) is 8.64. The molecule has 2 aromatic heterocycles. The SMILES string of the molecule is C1=CC=C(c2ccnc3[nH]ccc23)NC=C1. The van der Waals surface area contributed by atoms with Crippen LogP contribution in [0.3, 0.4) is 0 Å². The lowest BCUT2D eigenvalue weighted by atomic mass is 10.1. The van der Waals surface area contributed by atoms with Gasteiger partial charge >= 0.3 is 0 Å². The molecule has 0 bridgehead atoms. The maximum atomic E-state index is 4.27. The van der Waals surface area contributed by atoms with E-state index in [4.69, 9.17) is 0 Å². The van der Waals surface area contributed by atoms with Crippen LogP contribution in [0.4, 0.5) is 0 Å². The molecule has 0 unspecified atom stereocenters. The first-order chi connectivity index (χ1) is 7.95. The molecule has 78 valence electrons. The van der Waals surface area contributed by atoms with Crippen molar-refractivity contribution in [1.82, 2.24) is 15.3 Å². The molecule has 2 N–H and O–H groups in total. The second-order valence-electron chi connectivity index (χ2n) is 3.57. The Morgan fingerprint density at radius 3 is 3.06 bits per heavy atom. The summed E-state index contributed by atoms with van der Waals surface area (Å²) in [7, 11) is 0. The topological polar surface area (TPSA) is 40.7 Å². The Labute approximate surface area is 93.2 Å². The van der Waals surface area contributed by atoms with Gasteiger partial charge in [0, 0.05) is 35.2 Å². The lowest BCUT2D eigenvalue weighted by Gasteiger charge is -2.07. The first kappa shape index (κ1) is 8.97. The molecule has 3 rings (SSSR count). The summed E-state index contributed by atoms with van der Waals surface area (Å²) in [5, 5.41) is 4.39. The number of H-pyrrole nitrogens is 1. The standard InChI is InChI=1S/C13H11N3/c1-2-4-12(14-7-3-1)10-5-8-15-13-11(10)6-9-16-13/h1-9,14H,(H,15,16). The summed E-state index contributed by atoms with van der Waals surface area (Å²) in [6.45, 7) is 0. The van der Waals surface area contributed by atoms with E-state index in [2.05, 4.69) is 21.4 Å². The van der Waals surface area contributed by atoms with Gasteiger partial charge in [0.1, 0.15) is 5.65 Å². The quantitative estimate of drug-likeness (QED) is 0.757. The van der Waals surface area contributed by atoms with Crippen LogP contribution in [0.1, 0.15) is 5.56 Å². The monoisotopic (exact) mass is 209 g/mol. The number of nitrogens with one attached hydrogen (secondary N) is 2. The lowest BCUT2D eigenvalue weighted by Crippen LogP contribution is -2.03. The predicted molar refractivity (Wildman–Crippen MR) is 65.5 cm³/mol. The van der Waals surface area contributed by atoms with Gasteiger partial charge in [-0.3, -0.25) is 0 Å². The van der Waals surface area contributed by atoms with E-state index >= 15 is 0 Å². The summed E-state index contributed by atoms with van der Waals surface area (Å²) in [4.78, 5) is 7.39. The molecule has 3 heterocycles. The Morgan fingerprint density at radius 2 is 2.06 bits per heavy atom. The minimum atomic E-state index is 0.914. The number of hydrogen-bond donors (Lipinski definition) is 2. The molecule has 0 aliphatic carbocycles. The van der Waals surface area contributed by atoms with Crippen LogP contribution in [-0.2, 0) is 0 Å².